The molecule has 0 radical (unpaired) electrons. The summed E-state index contributed by atoms with van der Waals surface area (Å²) in [6.45, 7) is -0.0784. The van der Waals surface area contributed by atoms with E-state index < -0.39 is 5.91 Å². The number of nitrogens with one attached hydrogen (secondary N) is 2. The molecule has 1 aliphatic rings. The van der Waals surface area contributed by atoms with E-state index in [0.717, 1.165) is 31.2 Å². The fourth-order valence-electron chi connectivity index (χ4n) is 3.95. The number of rotatable bonds is 6. The predicted octanol–water partition coefficient (Wildman–Crippen LogP) is 3.91. The van der Waals surface area contributed by atoms with Crippen molar-refractivity contribution < 1.29 is 14.1 Å². The lowest BCUT2D eigenvalue weighted by molar-refractivity contribution is -0.121. The molecule has 4 rings (SSSR count). The summed E-state index contributed by atoms with van der Waals surface area (Å²) in [4.78, 5) is 24.5. The number of benzene rings is 2. The second-order valence-corrected chi connectivity index (χ2v) is 7.65. The van der Waals surface area contributed by atoms with Gasteiger partial charge < -0.3 is 15.2 Å². The van der Waals surface area contributed by atoms with Crippen LogP contribution in [0.25, 0.3) is 11.3 Å². The minimum atomic E-state index is -0.427. The van der Waals surface area contributed by atoms with Gasteiger partial charge in [0, 0.05) is 17.7 Å². The molecule has 0 aliphatic heterocycles. The highest BCUT2D eigenvalue weighted by Crippen LogP contribution is 2.32. The zero-order valence-electron chi connectivity index (χ0n) is 16.7. The summed E-state index contributed by atoms with van der Waals surface area (Å²) in [6, 6.07) is 21.7. The van der Waals surface area contributed by atoms with E-state index in [9.17, 15) is 9.59 Å². The summed E-state index contributed by atoms with van der Waals surface area (Å²) in [7, 11) is 0. The van der Waals surface area contributed by atoms with Crippen molar-refractivity contribution in [2.45, 2.75) is 37.6 Å². The minimum absolute atomic E-state index is 0.0784. The Kier molecular flexibility index (Phi) is 6.23. The van der Waals surface area contributed by atoms with Crippen molar-refractivity contribution in [2.75, 3.05) is 6.54 Å². The molecule has 3 aromatic rings. The van der Waals surface area contributed by atoms with Crippen LogP contribution in [0.15, 0.2) is 71.3 Å². The summed E-state index contributed by atoms with van der Waals surface area (Å²) >= 11 is 0. The highest BCUT2D eigenvalue weighted by Gasteiger charge is 2.23. The third-order valence-electron chi connectivity index (χ3n) is 5.57. The molecule has 0 atom stereocenters. The number of carbonyl (C=O) groups excluding carboxylic acids is 2. The summed E-state index contributed by atoms with van der Waals surface area (Å²) in [6.07, 6.45) is 4.01. The molecule has 1 aromatic heterocycles. The van der Waals surface area contributed by atoms with Crippen LogP contribution in [0.1, 0.15) is 47.7 Å². The van der Waals surface area contributed by atoms with E-state index in [-0.39, 0.29) is 24.2 Å². The van der Waals surface area contributed by atoms with Crippen LogP contribution in [0, 0.1) is 0 Å². The monoisotopic (exact) mass is 403 g/mol. The molecule has 6 nitrogen and oxygen atoms in total. The van der Waals surface area contributed by atoms with Gasteiger partial charge in [0.2, 0.25) is 5.91 Å². The average molecular weight is 403 g/mol. The molecule has 1 heterocycles. The standard InChI is InChI=1S/C24H25N3O3/c28-23(26-20-13-11-18(12-14-20)17-7-3-1-4-8-17)16-25-24(29)21-15-22(30-27-21)19-9-5-2-6-10-19/h1-10,15,18,20H,11-14,16H2,(H,25,29)(H,26,28). The fourth-order valence-corrected chi connectivity index (χ4v) is 3.95. The predicted molar refractivity (Wildman–Crippen MR) is 114 cm³/mol. The number of amides is 2. The van der Waals surface area contributed by atoms with Crippen LogP contribution >= 0.6 is 0 Å². The van der Waals surface area contributed by atoms with Crippen molar-refractivity contribution in [2.24, 2.45) is 0 Å². The Hall–Kier alpha value is -3.41. The van der Waals surface area contributed by atoms with Crippen LogP contribution in [0.4, 0.5) is 0 Å². The lowest BCUT2D eigenvalue weighted by Crippen LogP contribution is -2.43. The molecule has 1 aliphatic carbocycles. The molecular formula is C24H25N3O3. The number of carbonyl (C=O) groups is 2. The molecule has 2 aromatic carbocycles. The first-order chi connectivity index (χ1) is 14.7. The molecule has 2 amide bonds. The second kappa shape index (κ2) is 9.39. The number of hydrogen-bond donors (Lipinski definition) is 2. The third kappa shape index (κ3) is 4.95. The Bertz CT molecular complexity index is 977. The highest BCUT2D eigenvalue weighted by atomic mass is 16.5. The SMILES string of the molecule is O=C(CNC(=O)c1cc(-c2ccccc2)on1)NC1CCC(c2ccccc2)CC1. The molecule has 0 saturated heterocycles. The lowest BCUT2D eigenvalue weighted by Gasteiger charge is -2.29. The van der Waals surface area contributed by atoms with Gasteiger partial charge in [0.25, 0.3) is 5.91 Å². The Morgan fingerprint density at radius 2 is 1.60 bits per heavy atom. The molecule has 1 saturated carbocycles. The van der Waals surface area contributed by atoms with Crippen molar-refractivity contribution in [3.63, 3.8) is 0 Å². The topological polar surface area (TPSA) is 84.2 Å². The van der Waals surface area contributed by atoms with Crippen LogP contribution in [-0.2, 0) is 4.79 Å². The van der Waals surface area contributed by atoms with Crippen molar-refractivity contribution in [3.8, 4) is 11.3 Å². The molecule has 154 valence electrons. The summed E-state index contributed by atoms with van der Waals surface area (Å²) < 4.78 is 5.24. The Morgan fingerprint density at radius 3 is 2.30 bits per heavy atom. The molecule has 30 heavy (non-hydrogen) atoms. The van der Waals surface area contributed by atoms with Crippen molar-refractivity contribution >= 4 is 11.8 Å². The van der Waals surface area contributed by atoms with Gasteiger partial charge in [-0.3, -0.25) is 9.59 Å². The van der Waals surface area contributed by atoms with E-state index in [1.807, 2.05) is 36.4 Å². The van der Waals surface area contributed by atoms with E-state index in [2.05, 4.69) is 40.1 Å². The summed E-state index contributed by atoms with van der Waals surface area (Å²) in [5, 5.41) is 9.45. The molecule has 6 heteroatoms. The summed E-state index contributed by atoms with van der Waals surface area (Å²) in [5.41, 5.74) is 2.37. The van der Waals surface area contributed by atoms with Crippen LogP contribution in [0.5, 0.6) is 0 Å². The van der Waals surface area contributed by atoms with Gasteiger partial charge >= 0.3 is 0 Å². The largest absolute Gasteiger partial charge is 0.355 e. The Labute approximate surface area is 175 Å². The van der Waals surface area contributed by atoms with Gasteiger partial charge in [0.15, 0.2) is 11.5 Å². The van der Waals surface area contributed by atoms with Crippen molar-refractivity contribution in [1.82, 2.24) is 15.8 Å². The molecule has 0 bridgehead atoms. The van der Waals surface area contributed by atoms with Crippen LogP contribution in [0.2, 0.25) is 0 Å². The highest BCUT2D eigenvalue weighted by molar-refractivity contribution is 5.95. The maximum Gasteiger partial charge on any atom is 0.273 e. The molecule has 1 fully saturated rings. The van der Waals surface area contributed by atoms with Gasteiger partial charge in [-0.25, -0.2) is 0 Å². The quantitative estimate of drug-likeness (QED) is 0.653. The first-order valence-electron chi connectivity index (χ1n) is 10.3. The zero-order valence-corrected chi connectivity index (χ0v) is 16.7. The van der Waals surface area contributed by atoms with Gasteiger partial charge in [-0.1, -0.05) is 65.8 Å². The number of nitrogens with zero attached hydrogens (tertiary/aromatic N) is 1. The molecule has 0 unspecified atom stereocenters. The maximum absolute atomic E-state index is 12.3. The van der Waals surface area contributed by atoms with Crippen molar-refractivity contribution in [3.05, 3.63) is 78.0 Å². The van der Waals surface area contributed by atoms with Crippen LogP contribution in [0.3, 0.4) is 0 Å². The zero-order chi connectivity index (χ0) is 20.8. The Morgan fingerprint density at radius 1 is 0.933 bits per heavy atom. The van der Waals surface area contributed by atoms with Crippen LogP contribution in [-0.4, -0.2) is 29.6 Å². The van der Waals surface area contributed by atoms with E-state index >= 15 is 0 Å². The second-order valence-electron chi connectivity index (χ2n) is 7.65. The van der Waals surface area contributed by atoms with Gasteiger partial charge in [-0.15, -0.1) is 0 Å². The van der Waals surface area contributed by atoms with Gasteiger partial charge in [0.05, 0.1) is 6.54 Å². The van der Waals surface area contributed by atoms with E-state index in [4.69, 9.17) is 4.52 Å². The first kappa shape index (κ1) is 19.9. The first-order valence-corrected chi connectivity index (χ1v) is 10.3. The molecule has 0 spiro atoms. The van der Waals surface area contributed by atoms with Gasteiger partial charge in [-0.05, 0) is 37.2 Å². The smallest absolute Gasteiger partial charge is 0.273 e. The molecule has 2 N–H and O–H groups in total. The van der Waals surface area contributed by atoms with E-state index in [1.54, 1.807) is 6.07 Å². The lowest BCUT2D eigenvalue weighted by atomic mass is 9.82. The average Bonchev–Trinajstić information content (AvgIpc) is 3.30. The summed E-state index contributed by atoms with van der Waals surface area (Å²) in [5.74, 6) is 0.465. The normalized spacial score (nSPS) is 18.5. The number of aromatic nitrogens is 1. The Balaban J connectivity index is 1.22. The van der Waals surface area contributed by atoms with E-state index in [0.29, 0.717) is 11.7 Å². The number of hydrogen-bond acceptors (Lipinski definition) is 4. The van der Waals surface area contributed by atoms with E-state index in [1.165, 1.54) is 5.56 Å². The van der Waals surface area contributed by atoms with Crippen molar-refractivity contribution in [1.29, 1.82) is 0 Å². The fraction of sp³-hybridized carbons (Fsp3) is 0.292. The van der Waals surface area contributed by atoms with Gasteiger partial charge in [0.1, 0.15) is 0 Å². The molecular weight excluding hydrogens is 378 g/mol. The van der Waals surface area contributed by atoms with Gasteiger partial charge in [-0.2, -0.15) is 0 Å². The van der Waals surface area contributed by atoms with Crippen LogP contribution < -0.4 is 10.6 Å². The maximum atomic E-state index is 12.3. The third-order valence-corrected chi connectivity index (χ3v) is 5.57. The minimum Gasteiger partial charge on any atom is -0.355 e.